The Morgan fingerprint density at radius 2 is 1.05 bits per heavy atom. The second-order valence-corrected chi connectivity index (χ2v) is 16.2. The molecule has 7 aromatic rings. The molecule has 0 aromatic heterocycles. The summed E-state index contributed by atoms with van der Waals surface area (Å²) in [5, 5.41) is 12.6. The molecule has 7 aromatic carbocycles. The molecule has 0 N–H and O–H groups in total. The standard InChI is InChI=1S/C42H38O2/c1-40(2,3)23-15-22-16-24(41(4,5)6)18-26-28-20-32-37-36-31(14-13-21-11-10-12-30(43-32)34(21)36)44-39-29(42(7,8)9)19-27(35(28)38(37)39)25(17-23)33(22)26/h10-20H,1-9H3. The molecule has 0 unspecified atom stereocenters. The average Bonchev–Trinajstić information content (AvgIpc) is 2.95. The van der Waals surface area contributed by atoms with Crippen molar-refractivity contribution in [2.24, 2.45) is 0 Å². The molecule has 9 rings (SSSR count). The maximum Gasteiger partial charge on any atom is 0.139 e. The van der Waals surface area contributed by atoms with E-state index in [1.807, 2.05) is 0 Å². The first-order valence-electron chi connectivity index (χ1n) is 15.9. The van der Waals surface area contributed by atoms with Crippen LogP contribution < -0.4 is 0 Å². The highest BCUT2D eigenvalue weighted by molar-refractivity contribution is 6.39. The highest BCUT2D eigenvalue weighted by atomic mass is 16.3. The van der Waals surface area contributed by atoms with Crippen molar-refractivity contribution in [2.45, 2.75) is 78.6 Å². The van der Waals surface area contributed by atoms with Crippen molar-refractivity contribution in [3.05, 3.63) is 83.4 Å². The van der Waals surface area contributed by atoms with Crippen LogP contribution in [0.1, 0.15) is 79.0 Å². The predicted molar refractivity (Wildman–Crippen MR) is 189 cm³/mol. The minimum absolute atomic E-state index is 0.00593. The van der Waals surface area contributed by atoms with Gasteiger partial charge in [-0.1, -0.05) is 92.6 Å². The predicted octanol–water partition coefficient (Wildman–Crippen LogP) is 12.8. The summed E-state index contributed by atoms with van der Waals surface area (Å²) in [7, 11) is 0. The zero-order valence-electron chi connectivity index (χ0n) is 27.2. The molecule has 0 saturated carbocycles. The molecule has 0 bridgehead atoms. The topological polar surface area (TPSA) is 26.3 Å². The van der Waals surface area contributed by atoms with Crippen molar-refractivity contribution in [3.63, 3.8) is 0 Å². The molecule has 0 atom stereocenters. The number of hydrogen-bond acceptors (Lipinski definition) is 2. The molecule has 0 saturated heterocycles. The summed E-state index contributed by atoms with van der Waals surface area (Å²) < 4.78 is 13.9. The quantitative estimate of drug-likeness (QED) is 0.133. The zero-order valence-corrected chi connectivity index (χ0v) is 27.2. The minimum atomic E-state index is -0.130. The molecule has 2 heteroatoms. The smallest absolute Gasteiger partial charge is 0.139 e. The molecular formula is C42H38O2. The number of fused-ring (bicyclic) bond motifs is 2. The minimum Gasteiger partial charge on any atom is -0.456 e. The van der Waals surface area contributed by atoms with Crippen LogP contribution in [-0.2, 0) is 16.2 Å². The molecule has 0 aliphatic carbocycles. The molecular weight excluding hydrogens is 536 g/mol. The summed E-state index contributed by atoms with van der Waals surface area (Å²) in [5.74, 6) is 0. The first kappa shape index (κ1) is 26.1. The monoisotopic (exact) mass is 574 g/mol. The molecule has 218 valence electrons. The van der Waals surface area contributed by atoms with Crippen LogP contribution in [0.25, 0.3) is 87.3 Å². The third kappa shape index (κ3) is 3.27. The third-order valence-corrected chi connectivity index (χ3v) is 10.1. The van der Waals surface area contributed by atoms with Gasteiger partial charge in [-0.05, 0) is 101 Å². The number of rotatable bonds is 0. The largest absolute Gasteiger partial charge is 0.456 e. The van der Waals surface area contributed by atoms with E-state index in [0.717, 1.165) is 27.7 Å². The zero-order chi connectivity index (χ0) is 30.7. The summed E-state index contributed by atoms with van der Waals surface area (Å²) in [6, 6.07) is 25.2. The van der Waals surface area contributed by atoms with Crippen LogP contribution in [-0.4, -0.2) is 0 Å². The van der Waals surface area contributed by atoms with Gasteiger partial charge in [0, 0.05) is 32.8 Å². The molecule has 0 amide bonds. The Hall–Kier alpha value is -4.30. The Morgan fingerprint density at radius 1 is 0.432 bits per heavy atom. The maximum atomic E-state index is 7.04. The first-order chi connectivity index (χ1) is 20.7. The van der Waals surface area contributed by atoms with Crippen molar-refractivity contribution >= 4 is 76.2 Å². The molecule has 2 aliphatic rings. The Kier molecular flexibility index (Phi) is 4.66. The van der Waals surface area contributed by atoms with E-state index in [0.29, 0.717) is 0 Å². The van der Waals surface area contributed by atoms with Gasteiger partial charge in [-0.25, -0.2) is 0 Å². The normalized spacial score (nSPS) is 14.0. The van der Waals surface area contributed by atoms with Crippen LogP contribution in [0, 0.1) is 0 Å². The maximum absolute atomic E-state index is 7.04. The van der Waals surface area contributed by atoms with E-state index in [9.17, 15) is 0 Å². The van der Waals surface area contributed by atoms with Crippen LogP contribution in [0.2, 0.25) is 0 Å². The second kappa shape index (κ2) is 7.85. The van der Waals surface area contributed by atoms with Crippen molar-refractivity contribution in [2.75, 3.05) is 0 Å². The van der Waals surface area contributed by atoms with E-state index in [1.165, 1.54) is 76.3 Å². The van der Waals surface area contributed by atoms with Crippen molar-refractivity contribution < 1.29 is 8.83 Å². The fourth-order valence-electron chi connectivity index (χ4n) is 7.78. The Labute approximate surface area is 257 Å². The molecule has 44 heavy (non-hydrogen) atoms. The van der Waals surface area contributed by atoms with Crippen LogP contribution in [0.15, 0.2) is 75.6 Å². The Bertz CT molecular complexity index is 2580. The summed E-state index contributed by atoms with van der Waals surface area (Å²) in [5.41, 5.74) is 9.88. The molecule has 2 heterocycles. The van der Waals surface area contributed by atoms with Gasteiger partial charge in [0.15, 0.2) is 0 Å². The fourth-order valence-corrected chi connectivity index (χ4v) is 7.78. The van der Waals surface area contributed by atoms with E-state index in [4.69, 9.17) is 8.83 Å². The van der Waals surface area contributed by atoms with Gasteiger partial charge >= 0.3 is 0 Å². The van der Waals surface area contributed by atoms with Gasteiger partial charge in [0.05, 0.1) is 0 Å². The van der Waals surface area contributed by atoms with Crippen LogP contribution in [0.3, 0.4) is 0 Å². The number of hydrogen-bond donors (Lipinski definition) is 0. The van der Waals surface area contributed by atoms with Gasteiger partial charge < -0.3 is 8.83 Å². The van der Waals surface area contributed by atoms with Gasteiger partial charge in [0.1, 0.15) is 22.3 Å². The van der Waals surface area contributed by atoms with E-state index >= 15 is 0 Å². The van der Waals surface area contributed by atoms with Crippen molar-refractivity contribution in [1.82, 2.24) is 0 Å². The summed E-state index contributed by atoms with van der Waals surface area (Å²) >= 11 is 0. The lowest BCUT2D eigenvalue weighted by molar-refractivity contribution is 0.570. The Balaban J connectivity index is 1.66. The Morgan fingerprint density at radius 3 is 1.68 bits per heavy atom. The average molecular weight is 575 g/mol. The molecule has 0 fully saturated rings. The lowest BCUT2D eigenvalue weighted by Gasteiger charge is -2.29. The van der Waals surface area contributed by atoms with E-state index in [1.54, 1.807) is 0 Å². The SMILES string of the molecule is CC(C)(C)c1cc2cc(C(C)(C)C)cc3c4cc5oc6cccc7ccc8oc9c(C(C)(C)C)cc(c(c1)c23)c4c9c5-c8c76. The first-order valence-corrected chi connectivity index (χ1v) is 15.9. The highest BCUT2D eigenvalue weighted by Gasteiger charge is 2.32. The molecule has 2 nitrogen and oxygen atoms in total. The molecule has 0 spiro atoms. The summed E-state index contributed by atoms with van der Waals surface area (Å²) in [4.78, 5) is 0. The van der Waals surface area contributed by atoms with Gasteiger partial charge in [-0.15, -0.1) is 0 Å². The van der Waals surface area contributed by atoms with Gasteiger partial charge in [-0.2, -0.15) is 0 Å². The van der Waals surface area contributed by atoms with Crippen molar-refractivity contribution in [3.8, 4) is 11.1 Å². The van der Waals surface area contributed by atoms with E-state index in [2.05, 4.69) is 129 Å². The third-order valence-electron chi connectivity index (χ3n) is 10.1. The lowest BCUT2D eigenvalue weighted by Crippen LogP contribution is -2.14. The molecule has 2 aliphatic heterocycles. The molecule has 0 radical (unpaired) electrons. The van der Waals surface area contributed by atoms with Crippen LogP contribution >= 0.6 is 0 Å². The van der Waals surface area contributed by atoms with Crippen LogP contribution in [0.4, 0.5) is 0 Å². The van der Waals surface area contributed by atoms with E-state index in [-0.39, 0.29) is 16.2 Å². The van der Waals surface area contributed by atoms with Gasteiger partial charge in [0.2, 0.25) is 0 Å². The lowest BCUT2D eigenvalue weighted by atomic mass is 9.76. The summed E-state index contributed by atoms with van der Waals surface area (Å²) in [6.45, 7) is 20.8. The highest BCUT2D eigenvalue weighted by Crippen LogP contribution is 2.54. The van der Waals surface area contributed by atoms with Gasteiger partial charge in [0.25, 0.3) is 0 Å². The van der Waals surface area contributed by atoms with Gasteiger partial charge in [-0.3, -0.25) is 0 Å². The van der Waals surface area contributed by atoms with Crippen molar-refractivity contribution in [1.29, 1.82) is 0 Å². The number of benzene rings is 7. The second-order valence-electron chi connectivity index (χ2n) is 16.2. The summed E-state index contributed by atoms with van der Waals surface area (Å²) in [6.07, 6.45) is 0. The van der Waals surface area contributed by atoms with Crippen LogP contribution in [0.5, 0.6) is 0 Å². The van der Waals surface area contributed by atoms with E-state index < -0.39 is 0 Å². The fraction of sp³-hybridized carbons (Fsp3) is 0.286.